The monoisotopic (exact) mass is 304 g/mol. The third-order valence-electron chi connectivity index (χ3n) is 3.47. The molecule has 0 saturated carbocycles. The van der Waals surface area contributed by atoms with Gasteiger partial charge in [-0.15, -0.1) is 0 Å². The van der Waals surface area contributed by atoms with Gasteiger partial charge in [0.15, 0.2) is 11.5 Å². The van der Waals surface area contributed by atoms with Gasteiger partial charge in [0.2, 0.25) is 23.1 Å². The Bertz CT molecular complexity index is 809. The lowest BCUT2D eigenvalue weighted by atomic mass is 9.81. The summed E-state index contributed by atoms with van der Waals surface area (Å²) < 4.78 is 0. The molecule has 0 atom stereocenters. The van der Waals surface area contributed by atoms with Gasteiger partial charge < -0.3 is 30.6 Å². The predicted molar refractivity (Wildman–Crippen MR) is 69.7 cm³/mol. The van der Waals surface area contributed by atoms with Crippen molar-refractivity contribution in [3.63, 3.8) is 0 Å². The van der Waals surface area contributed by atoms with Gasteiger partial charge in [-0.05, 0) is 12.1 Å². The summed E-state index contributed by atoms with van der Waals surface area (Å²) in [5.74, 6) is -8.02. The zero-order chi connectivity index (χ0) is 16.3. The normalized spacial score (nSPS) is 12.9. The summed E-state index contributed by atoms with van der Waals surface area (Å²) in [6.07, 6.45) is 0. The van der Waals surface area contributed by atoms with E-state index in [1.807, 2.05) is 0 Å². The number of fused-ring (bicyclic) bond motifs is 2. The van der Waals surface area contributed by atoms with Crippen molar-refractivity contribution >= 4 is 11.6 Å². The van der Waals surface area contributed by atoms with Gasteiger partial charge in [0.05, 0.1) is 22.3 Å². The Hall–Kier alpha value is -3.42. The first-order valence-corrected chi connectivity index (χ1v) is 5.91. The van der Waals surface area contributed by atoms with Crippen LogP contribution >= 0.6 is 0 Å². The summed E-state index contributed by atoms with van der Waals surface area (Å²) in [6, 6.07) is 1.95. The van der Waals surface area contributed by atoms with E-state index < -0.39 is 68.3 Å². The zero-order valence-corrected chi connectivity index (χ0v) is 10.7. The van der Waals surface area contributed by atoms with Crippen molar-refractivity contribution in [2.75, 3.05) is 0 Å². The van der Waals surface area contributed by atoms with Crippen molar-refractivity contribution in [1.82, 2.24) is 0 Å². The van der Waals surface area contributed by atoms with E-state index in [1.54, 1.807) is 0 Å². The number of aromatic hydroxyl groups is 6. The van der Waals surface area contributed by atoms with Crippen LogP contribution in [0.5, 0.6) is 34.5 Å². The van der Waals surface area contributed by atoms with E-state index in [2.05, 4.69) is 0 Å². The lowest BCUT2D eigenvalue weighted by molar-refractivity contribution is 0.0968. The van der Waals surface area contributed by atoms with Crippen LogP contribution in [0.2, 0.25) is 0 Å². The maximum Gasteiger partial charge on any atom is 0.205 e. The van der Waals surface area contributed by atoms with Crippen molar-refractivity contribution < 1.29 is 40.2 Å². The summed E-state index contributed by atoms with van der Waals surface area (Å²) in [4.78, 5) is 24.8. The number of phenolic OH excluding ortho intramolecular Hbond substituents is 6. The average Bonchev–Trinajstić information content (AvgIpc) is 2.48. The molecule has 3 rings (SSSR count). The van der Waals surface area contributed by atoms with Crippen molar-refractivity contribution in [2.45, 2.75) is 0 Å². The molecule has 1 aliphatic carbocycles. The summed E-state index contributed by atoms with van der Waals surface area (Å²) in [6.45, 7) is 0. The Morgan fingerprint density at radius 2 is 0.818 bits per heavy atom. The zero-order valence-electron chi connectivity index (χ0n) is 10.7. The Labute approximate surface area is 121 Å². The van der Waals surface area contributed by atoms with Crippen LogP contribution in [0.4, 0.5) is 0 Å². The molecule has 0 bridgehead atoms. The first-order chi connectivity index (χ1) is 10.3. The lowest BCUT2D eigenvalue weighted by Gasteiger charge is -2.21. The molecular weight excluding hydrogens is 296 g/mol. The molecule has 8 nitrogen and oxygen atoms in total. The molecule has 0 aliphatic heterocycles. The molecule has 0 amide bonds. The van der Waals surface area contributed by atoms with E-state index in [9.17, 15) is 40.2 Å². The van der Waals surface area contributed by atoms with E-state index in [-0.39, 0.29) is 0 Å². The third-order valence-corrected chi connectivity index (χ3v) is 3.47. The molecule has 2 aromatic carbocycles. The van der Waals surface area contributed by atoms with Crippen molar-refractivity contribution in [3.8, 4) is 34.5 Å². The summed E-state index contributed by atoms with van der Waals surface area (Å²) >= 11 is 0. The number of carbonyl (C=O) groups excluding carboxylic acids is 2. The average molecular weight is 304 g/mol. The molecule has 2 aromatic rings. The quantitative estimate of drug-likeness (QED) is 0.262. The highest BCUT2D eigenvalue weighted by Gasteiger charge is 2.41. The molecule has 8 heteroatoms. The van der Waals surface area contributed by atoms with Gasteiger partial charge in [0, 0.05) is 0 Å². The van der Waals surface area contributed by atoms with Crippen molar-refractivity contribution in [3.05, 3.63) is 34.4 Å². The fraction of sp³-hybridized carbons (Fsp3) is 0. The van der Waals surface area contributed by atoms with E-state index in [0.29, 0.717) is 0 Å². The molecule has 112 valence electrons. The first-order valence-electron chi connectivity index (χ1n) is 5.91. The molecule has 0 aromatic heterocycles. The molecule has 0 fully saturated rings. The second-order valence-electron chi connectivity index (χ2n) is 4.66. The summed E-state index contributed by atoms with van der Waals surface area (Å²) in [7, 11) is 0. The summed E-state index contributed by atoms with van der Waals surface area (Å²) in [5, 5.41) is 58.0. The van der Waals surface area contributed by atoms with Crippen LogP contribution in [-0.4, -0.2) is 42.2 Å². The molecular formula is C14H8O8. The SMILES string of the molecule is O=C1c2c(O)ccc(O)c2C(=O)c2c(O)c(O)c(O)c(O)c21. The number of rotatable bonds is 0. The van der Waals surface area contributed by atoms with E-state index in [4.69, 9.17) is 0 Å². The van der Waals surface area contributed by atoms with Gasteiger partial charge in [0.25, 0.3) is 0 Å². The van der Waals surface area contributed by atoms with Crippen LogP contribution in [-0.2, 0) is 0 Å². The molecule has 0 heterocycles. The Morgan fingerprint density at radius 1 is 0.500 bits per heavy atom. The van der Waals surface area contributed by atoms with Crippen LogP contribution in [0.3, 0.4) is 0 Å². The van der Waals surface area contributed by atoms with Gasteiger partial charge in [-0.25, -0.2) is 0 Å². The van der Waals surface area contributed by atoms with Gasteiger partial charge >= 0.3 is 0 Å². The smallest absolute Gasteiger partial charge is 0.205 e. The second-order valence-corrected chi connectivity index (χ2v) is 4.66. The lowest BCUT2D eigenvalue weighted by Crippen LogP contribution is -2.21. The standard InChI is InChI=1S/C14H8O8/c15-3-1-2-4(16)6-5(3)9(17)7-8(10(6)18)12(20)14(22)13(21)11(7)19/h1-2,15-16,19-22H. The Balaban J connectivity index is 2.50. The highest BCUT2D eigenvalue weighted by molar-refractivity contribution is 6.32. The van der Waals surface area contributed by atoms with Crippen molar-refractivity contribution in [1.29, 1.82) is 0 Å². The number of phenols is 6. The number of hydrogen-bond donors (Lipinski definition) is 6. The molecule has 22 heavy (non-hydrogen) atoms. The van der Waals surface area contributed by atoms with E-state index in [0.717, 1.165) is 12.1 Å². The minimum atomic E-state index is -1.18. The molecule has 0 saturated heterocycles. The molecule has 0 radical (unpaired) electrons. The van der Waals surface area contributed by atoms with Gasteiger partial charge in [-0.2, -0.15) is 0 Å². The minimum absolute atomic E-state index is 0.572. The Kier molecular flexibility index (Phi) is 2.49. The van der Waals surface area contributed by atoms with Crippen LogP contribution in [0.25, 0.3) is 0 Å². The highest BCUT2D eigenvalue weighted by Crippen LogP contribution is 2.51. The van der Waals surface area contributed by atoms with Crippen LogP contribution in [0, 0.1) is 0 Å². The highest BCUT2D eigenvalue weighted by atomic mass is 16.3. The third kappa shape index (κ3) is 1.40. The van der Waals surface area contributed by atoms with Crippen LogP contribution in [0.1, 0.15) is 31.8 Å². The van der Waals surface area contributed by atoms with Gasteiger partial charge in [-0.1, -0.05) is 0 Å². The Morgan fingerprint density at radius 3 is 1.14 bits per heavy atom. The summed E-state index contributed by atoms with van der Waals surface area (Å²) in [5.41, 5.74) is -2.69. The maximum absolute atomic E-state index is 12.4. The fourth-order valence-electron chi connectivity index (χ4n) is 2.43. The number of ketones is 2. The number of benzene rings is 2. The van der Waals surface area contributed by atoms with E-state index >= 15 is 0 Å². The van der Waals surface area contributed by atoms with E-state index in [1.165, 1.54) is 0 Å². The minimum Gasteiger partial charge on any atom is -0.507 e. The second kappa shape index (κ2) is 4.04. The number of carbonyl (C=O) groups is 2. The van der Waals surface area contributed by atoms with Crippen LogP contribution < -0.4 is 0 Å². The van der Waals surface area contributed by atoms with Crippen molar-refractivity contribution in [2.24, 2.45) is 0 Å². The van der Waals surface area contributed by atoms with Gasteiger partial charge in [0.1, 0.15) is 11.5 Å². The topological polar surface area (TPSA) is 156 Å². The predicted octanol–water partition coefficient (Wildman–Crippen LogP) is 0.696. The molecule has 0 spiro atoms. The van der Waals surface area contributed by atoms with Gasteiger partial charge in [-0.3, -0.25) is 9.59 Å². The van der Waals surface area contributed by atoms with Crippen LogP contribution in [0.15, 0.2) is 12.1 Å². The first kappa shape index (κ1) is 13.6. The largest absolute Gasteiger partial charge is 0.507 e. The molecule has 0 unspecified atom stereocenters. The molecule has 6 N–H and O–H groups in total. The number of hydrogen-bond acceptors (Lipinski definition) is 8. The maximum atomic E-state index is 12.4. The fourth-order valence-corrected chi connectivity index (χ4v) is 2.43. The molecule has 1 aliphatic rings.